The maximum atomic E-state index is 4.40. The minimum absolute atomic E-state index is 0.587. The molecule has 1 heterocycles. The number of nitrogens with one attached hydrogen (secondary N) is 1. The van der Waals surface area contributed by atoms with Crippen LogP contribution < -0.4 is 5.32 Å². The normalized spacial score (nSPS) is 25.6. The van der Waals surface area contributed by atoms with Gasteiger partial charge in [-0.15, -0.1) is 0 Å². The first-order valence-corrected chi connectivity index (χ1v) is 6.67. The lowest BCUT2D eigenvalue weighted by Gasteiger charge is -2.37. The van der Waals surface area contributed by atoms with Crippen LogP contribution in [0.5, 0.6) is 0 Å². The Kier molecular flexibility index (Phi) is 3.66. The van der Waals surface area contributed by atoms with E-state index in [2.05, 4.69) is 57.7 Å². The van der Waals surface area contributed by atoms with Crippen molar-refractivity contribution in [2.45, 2.75) is 38.8 Å². The van der Waals surface area contributed by atoms with Crippen molar-refractivity contribution < 1.29 is 0 Å². The molecule has 2 unspecified atom stereocenters. The van der Waals surface area contributed by atoms with Crippen LogP contribution in [-0.2, 0) is 0 Å². The molecule has 1 saturated carbocycles. The highest BCUT2D eigenvalue weighted by Gasteiger charge is 2.32. The highest BCUT2D eigenvalue weighted by atomic mass is 127. The van der Waals surface area contributed by atoms with Crippen molar-refractivity contribution in [2.75, 3.05) is 6.54 Å². The van der Waals surface area contributed by atoms with E-state index in [-0.39, 0.29) is 0 Å². The number of halogens is 1. The van der Waals surface area contributed by atoms with E-state index in [1.807, 2.05) is 6.20 Å². The topological polar surface area (TPSA) is 29.9 Å². The van der Waals surface area contributed by atoms with Crippen LogP contribution in [0.4, 0.5) is 0 Å². The van der Waals surface area contributed by atoms with Gasteiger partial charge in [-0.05, 0) is 41.4 Å². The Morgan fingerprint density at radius 3 is 2.87 bits per heavy atom. The van der Waals surface area contributed by atoms with Gasteiger partial charge in [0.1, 0.15) is 0 Å². The lowest BCUT2D eigenvalue weighted by Crippen LogP contribution is -2.39. The van der Waals surface area contributed by atoms with Crippen LogP contribution in [-0.4, -0.2) is 22.4 Å². The zero-order valence-electron chi connectivity index (χ0n) is 9.28. The second-order valence-corrected chi connectivity index (χ2v) is 5.85. The highest BCUT2D eigenvalue weighted by Crippen LogP contribution is 2.37. The molecular formula is C11H18IN3. The molecule has 2 atom stereocenters. The van der Waals surface area contributed by atoms with Gasteiger partial charge in [-0.25, -0.2) is 0 Å². The van der Waals surface area contributed by atoms with Crippen LogP contribution >= 0.6 is 22.6 Å². The van der Waals surface area contributed by atoms with E-state index in [0.29, 0.717) is 12.1 Å². The second-order valence-electron chi connectivity index (χ2n) is 4.61. The van der Waals surface area contributed by atoms with E-state index in [1.54, 1.807) is 0 Å². The number of hydrogen-bond acceptors (Lipinski definition) is 2. The average molecular weight is 319 g/mol. The molecule has 2 rings (SSSR count). The van der Waals surface area contributed by atoms with Gasteiger partial charge in [-0.1, -0.05) is 13.8 Å². The Hall–Kier alpha value is -0.100. The quantitative estimate of drug-likeness (QED) is 0.864. The van der Waals surface area contributed by atoms with Crippen molar-refractivity contribution in [3.63, 3.8) is 0 Å². The number of hydrogen-bond donors (Lipinski definition) is 1. The molecule has 0 spiro atoms. The summed E-state index contributed by atoms with van der Waals surface area (Å²) in [7, 11) is 0. The molecule has 1 aromatic heterocycles. The largest absolute Gasteiger partial charge is 0.314 e. The van der Waals surface area contributed by atoms with Crippen LogP contribution in [0.2, 0.25) is 0 Å². The fraction of sp³-hybridized carbons (Fsp3) is 0.727. The van der Waals surface area contributed by atoms with Gasteiger partial charge in [0.05, 0.1) is 15.8 Å². The average Bonchev–Trinajstić information content (AvgIpc) is 2.49. The minimum Gasteiger partial charge on any atom is -0.314 e. The molecule has 3 nitrogen and oxygen atoms in total. The third-order valence-corrected chi connectivity index (χ3v) is 3.63. The maximum absolute atomic E-state index is 4.40. The summed E-state index contributed by atoms with van der Waals surface area (Å²) >= 11 is 2.31. The predicted octanol–water partition coefficient (Wildman–Crippen LogP) is 2.44. The van der Waals surface area contributed by atoms with Gasteiger partial charge < -0.3 is 5.32 Å². The SMILES string of the molecule is CC(C)NCC1CCC1n1cc(I)cn1. The van der Waals surface area contributed by atoms with E-state index in [1.165, 1.54) is 16.4 Å². The molecule has 1 aliphatic rings. The van der Waals surface area contributed by atoms with Crippen molar-refractivity contribution in [1.82, 2.24) is 15.1 Å². The van der Waals surface area contributed by atoms with Crippen molar-refractivity contribution in [3.05, 3.63) is 16.0 Å². The van der Waals surface area contributed by atoms with Gasteiger partial charge in [0.25, 0.3) is 0 Å². The predicted molar refractivity (Wildman–Crippen MR) is 69.8 cm³/mol. The third-order valence-electron chi connectivity index (χ3n) is 3.08. The smallest absolute Gasteiger partial charge is 0.0623 e. The first kappa shape index (κ1) is 11.4. The summed E-state index contributed by atoms with van der Waals surface area (Å²) in [5, 5.41) is 7.91. The Morgan fingerprint density at radius 2 is 2.40 bits per heavy atom. The fourth-order valence-electron chi connectivity index (χ4n) is 2.02. The second kappa shape index (κ2) is 4.82. The zero-order valence-corrected chi connectivity index (χ0v) is 11.4. The van der Waals surface area contributed by atoms with Gasteiger partial charge >= 0.3 is 0 Å². The molecule has 1 N–H and O–H groups in total. The molecule has 1 fully saturated rings. The summed E-state index contributed by atoms with van der Waals surface area (Å²) in [5.41, 5.74) is 0. The first-order chi connectivity index (χ1) is 7.16. The Morgan fingerprint density at radius 1 is 1.60 bits per heavy atom. The first-order valence-electron chi connectivity index (χ1n) is 5.60. The minimum atomic E-state index is 0.587. The van der Waals surface area contributed by atoms with Crippen LogP contribution in [0, 0.1) is 9.49 Å². The van der Waals surface area contributed by atoms with E-state index < -0.39 is 0 Å². The van der Waals surface area contributed by atoms with Crippen LogP contribution in [0.25, 0.3) is 0 Å². The molecule has 1 aromatic rings. The van der Waals surface area contributed by atoms with Gasteiger partial charge in [0.15, 0.2) is 0 Å². The molecule has 0 aliphatic heterocycles. The van der Waals surface area contributed by atoms with Crippen LogP contribution in [0.3, 0.4) is 0 Å². The Balaban J connectivity index is 1.89. The van der Waals surface area contributed by atoms with Crippen molar-refractivity contribution in [1.29, 1.82) is 0 Å². The van der Waals surface area contributed by atoms with Gasteiger partial charge in [-0.3, -0.25) is 4.68 Å². The van der Waals surface area contributed by atoms with E-state index in [9.17, 15) is 0 Å². The van der Waals surface area contributed by atoms with E-state index >= 15 is 0 Å². The maximum Gasteiger partial charge on any atom is 0.0623 e. The Labute approximate surface area is 105 Å². The van der Waals surface area contributed by atoms with E-state index in [0.717, 1.165) is 12.5 Å². The lowest BCUT2D eigenvalue weighted by molar-refractivity contribution is 0.160. The summed E-state index contributed by atoms with van der Waals surface area (Å²) in [5.74, 6) is 0.767. The van der Waals surface area contributed by atoms with Gasteiger partial charge in [0.2, 0.25) is 0 Å². The molecule has 4 heteroatoms. The van der Waals surface area contributed by atoms with Gasteiger partial charge in [0, 0.05) is 18.8 Å². The van der Waals surface area contributed by atoms with Gasteiger partial charge in [-0.2, -0.15) is 5.10 Å². The van der Waals surface area contributed by atoms with E-state index in [4.69, 9.17) is 0 Å². The van der Waals surface area contributed by atoms with Crippen molar-refractivity contribution in [2.24, 2.45) is 5.92 Å². The molecule has 1 aliphatic carbocycles. The molecule has 15 heavy (non-hydrogen) atoms. The number of nitrogens with zero attached hydrogens (tertiary/aromatic N) is 2. The third kappa shape index (κ3) is 2.72. The molecule has 0 aromatic carbocycles. The molecule has 0 bridgehead atoms. The molecule has 0 amide bonds. The monoisotopic (exact) mass is 319 g/mol. The molecular weight excluding hydrogens is 301 g/mol. The number of rotatable bonds is 4. The van der Waals surface area contributed by atoms with Crippen LogP contribution in [0.15, 0.2) is 12.4 Å². The lowest BCUT2D eigenvalue weighted by atomic mass is 9.79. The van der Waals surface area contributed by atoms with Crippen molar-refractivity contribution in [3.8, 4) is 0 Å². The summed E-state index contributed by atoms with van der Waals surface area (Å²) in [4.78, 5) is 0. The Bertz CT molecular complexity index is 321. The molecule has 84 valence electrons. The molecule has 0 saturated heterocycles. The highest BCUT2D eigenvalue weighted by molar-refractivity contribution is 14.1. The standard InChI is InChI=1S/C11H18IN3/c1-8(2)13-5-9-3-4-11(9)15-7-10(12)6-14-15/h6-9,11,13H,3-5H2,1-2H3. The molecule has 0 radical (unpaired) electrons. The van der Waals surface area contributed by atoms with Crippen molar-refractivity contribution >= 4 is 22.6 Å². The summed E-state index contributed by atoms with van der Waals surface area (Å²) in [6, 6.07) is 1.21. The fourth-order valence-corrected chi connectivity index (χ4v) is 2.43. The summed E-state index contributed by atoms with van der Waals surface area (Å²) < 4.78 is 3.37. The number of aromatic nitrogens is 2. The summed E-state index contributed by atoms with van der Waals surface area (Å²) in [6.45, 7) is 5.52. The zero-order chi connectivity index (χ0) is 10.8. The van der Waals surface area contributed by atoms with Crippen LogP contribution in [0.1, 0.15) is 32.7 Å². The summed E-state index contributed by atoms with van der Waals surface area (Å²) in [6.07, 6.45) is 6.70.